The third-order valence-corrected chi connectivity index (χ3v) is 1.78. The molecule has 92 valence electrons. The molecule has 0 bridgehead atoms. The van der Waals surface area contributed by atoms with Gasteiger partial charge in [0.25, 0.3) is 5.69 Å². The third kappa shape index (κ3) is 4.06. The van der Waals surface area contributed by atoms with Gasteiger partial charge < -0.3 is 4.74 Å². The largest absolute Gasteiger partial charge is 0.449 e. The second-order valence-corrected chi connectivity index (χ2v) is 3.22. The maximum absolute atomic E-state index is 13.0. The van der Waals surface area contributed by atoms with Gasteiger partial charge in [-0.05, 0) is 12.5 Å². The number of ether oxygens (including phenoxy) is 1. The van der Waals surface area contributed by atoms with Crippen molar-refractivity contribution in [2.24, 2.45) is 0 Å². The van der Waals surface area contributed by atoms with Gasteiger partial charge in [0.2, 0.25) is 0 Å². The van der Waals surface area contributed by atoms with Gasteiger partial charge in [-0.25, -0.2) is 9.18 Å². The summed E-state index contributed by atoms with van der Waals surface area (Å²) in [7, 11) is 0. The Morgan fingerprint density at radius 2 is 2.24 bits per heavy atom. The second kappa shape index (κ2) is 5.78. The first-order valence-corrected chi connectivity index (χ1v) is 4.91. The Kier molecular flexibility index (Phi) is 4.38. The Balaban J connectivity index is 2.77. The Labute approximate surface area is 96.5 Å². The van der Waals surface area contributed by atoms with E-state index in [0.717, 1.165) is 18.2 Å². The highest BCUT2D eigenvalue weighted by atomic mass is 19.1. The van der Waals surface area contributed by atoms with Crippen LogP contribution in [0.5, 0.6) is 0 Å². The summed E-state index contributed by atoms with van der Waals surface area (Å²) in [6.45, 7) is 2.05. The van der Waals surface area contributed by atoms with Gasteiger partial charge in [0, 0.05) is 6.07 Å². The molecule has 7 heteroatoms. The van der Waals surface area contributed by atoms with Crippen molar-refractivity contribution in [2.45, 2.75) is 13.3 Å². The standard InChI is InChI=1S/C10H11FN2O4/c1-2-3-17-10(14)12-8-4-7(11)5-9(6-8)13(15)16/h4-6H,2-3H2,1H3,(H,12,14). The van der Waals surface area contributed by atoms with Gasteiger partial charge in [0.15, 0.2) is 0 Å². The average Bonchev–Trinajstić information content (AvgIpc) is 2.25. The Morgan fingerprint density at radius 3 is 2.82 bits per heavy atom. The molecule has 17 heavy (non-hydrogen) atoms. The highest BCUT2D eigenvalue weighted by molar-refractivity contribution is 5.85. The zero-order chi connectivity index (χ0) is 12.8. The van der Waals surface area contributed by atoms with Gasteiger partial charge in [-0.1, -0.05) is 6.92 Å². The monoisotopic (exact) mass is 242 g/mol. The van der Waals surface area contributed by atoms with Crippen LogP contribution >= 0.6 is 0 Å². The van der Waals surface area contributed by atoms with E-state index in [9.17, 15) is 19.3 Å². The summed E-state index contributed by atoms with van der Waals surface area (Å²) in [5.74, 6) is -0.801. The first-order valence-electron chi connectivity index (χ1n) is 4.91. The van der Waals surface area contributed by atoms with Crippen LogP contribution in [0.3, 0.4) is 0 Å². The maximum Gasteiger partial charge on any atom is 0.411 e. The van der Waals surface area contributed by atoms with E-state index >= 15 is 0 Å². The molecule has 6 nitrogen and oxygen atoms in total. The molecule has 1 rings (SSSR count). The Morgan fingerprint density at radius 1 is 1.53 bits per heavy atom. The number of nitro groups is 1. The molecule has 0 aliphatic heterocycles. The molecular weight excluding hydrogens is 231 g/mol. The fraction of sp³-hybridized carbons (Fsp3) is 0.300. The summed E-state index contributed by atoms with van der Waals surface area (Å²) in [6.07, 6.45) is -0.122. The first-order chi connectivity index (χ1) is 8.02. The minimum absolute atomic E-state index is 0.0159. The molecule has 0 fully saturated rings. The number of anilines is 1. The molecule has 0 heterocycles. The number of amides is 1. The zero-order valence-electron chi connectivity index (χ0n) is 9.10. The molecule has 0 spiro atoms. The lowest BCUT2D eigenvalue weighted by Gasteiger charge is -2.05. The van der Waals surface area contributed by atoms with Gasteiger partial charge in [-0.15, -0.1) is 0 Å². The molecular formula is C10H11FN2O4. The topological polar surface area (TPSA) is 81.5 Å². The molecule has 0 atom stereocenters. The average molecular weight is 242 g/mol. The Hall–Kier alpha value is -2.18. The second-order valence-electron chi connectivity index (χ2n) is 3.22. The molecule has 0 aliphatic rings. The number of benzene rings is 1. The highest BCUT2D eigenvalue weighted by Crippen LogP contribution is 2.20. The predicted molar refractivity (Wildman–Crippen MR) is 58.3 cm³/mol. The molecule has 1 amide bonds. The van der Waals surface area contributed by atoms with Crippen LogP contribution in [0.1, 0.15) is 13.3 Å². The normalized spacial score (nSPS) is 9.76. The quantitative estimate of drug-likeness (QED) is 0.650. The smallest absolute Gasteiger partial charge is 0.411 e. The Bertz CT molecular complexity index is 436. The lowest BCUT2D eigenvalue weighted by molar-refractivity contribution is -0.385. The van der Waals surface area contributed by atoms with Crippen molar-refractivity contribution in [3.05, 3.63) is 34.1 Å². The van der Waals surface area contributed by atoms with Crippen LogP contribution in [0.15, 0.2) is 18.2 Å². The number of carbonyl (C=O) groups excluding carboxylic acids is 1. The van der Waals surface area contributed by atoms with Crippen molar-refractivity contribution in [1.82, 2.24) is 0 Å². The molecule has 0 aliphatic carbocycles. The lowest BCUT2D eigenvalue weighted by atomic mass is 10.3. The van der Waals surface area contributed by atoms with E-state index in [1.54, 1.807) is 0 Å². The summed E-state index contributed by atoms with van der Waals surface area (Å²) in [4.78, 5) is 20.9. The van der Waals surface area contributed by atoms with E-state index in [1.807, 2.05) is 6.92 Å². The van der Waals surface area contributed by atoms with Crippen molar-refractivity contribution in [1.29, 1.82) is 0 Å². The van der Waals surface area contributed by atoms with Crippen molar-refractivity contribution in [3.8, 4) is 0 Å². The van der Waals surface area contributed by atoms with Crippen LogP contribution in [0, 0.1) is 15.9 Å². The van der Waals surface area contributed by atoms with Crippen LogP contribution in [0.2, 0.25) is 0 Å². The fourth-order valence-electron chi connectivity index (χ4n) is 1.10. The summed E-state index contributed by atoms with van der Waals surface area (Å²) in [6, 6.07) is 2.79. The van der Waals surface area contributed by atoms with E-state index in [4.69, 9.17) is 4.74 Å². The van der Waals surface area contributed by atoms with Crippen molar-refractivity contribution < 1.29 is 18.8 Å². The van der Waals surface area contributed by atoms with E-state index < -0.39 is 22.5 Å². The van der Waals surface area contributed by atoms with E-state index in [0.29, 0.717) is 6.42 Å². The number of non-ortho nitro benzene ring substituents is 1. The minimum atomic E-state index is -0.801. The third-order valence-electron chi connectivity index (χ3n) is 1.78. The van der Waals surface area contributed by atoms with Gasteiger partial charge >= 0.3 is 6.09 Å². The van der Waals surface area contributed by atoms with Gasteiger partial charge in [-0.2, -0.15) is 0 Å². The molecule has 0 unspecified atom stereocenters. The lowest BCUT2D eigenvalue weighted by Crippen LogP contribution is -2.14. The maximum atomic E-state index is 13.0. The SMILES string of the molecule is CCCOC(=O)Nc1cc(F)cc([N+](=O)[O-])c1. The highest BCUT2D eigenvalue weighted by Gasteiger charge is 2.11. The molecule has 1 aromatic carbocycles. The number of nitrogens with zero attached hydrogens (tertiary/aromatic N) is 1. The molecule has 0 saturated carbocycles. The number of hydrogen-bond donors (Lipinski definition) is 1. The van der Waals surface area contributed by atoms with Crippen LogP contribution < -0.4 is 5.32 Å². The molecule has 0 aromatic heterocycles. The van der Waals surface area contributed by atoms with Crippen LogP contribution in [-0.2, 0) is 4.74 Å². The number of halogens is 1. The summed E-state index contributed by atoms with van der Waals surface area (Å²) in [5.41, 5.74) is -0.450. The van der Waals surface area contributed by atoms with Crippen molar-refractivity contribution >= 4 is 17.5 Å². The van der Waals surface area contributed by atoms with Gasteiger partial charge in [0.1, 0.15) is 5.82 Å². The molecule has 1 N–H and O–H groups in total. The van der Waals surface area contributed by atoms with Crippen molar-refractivity contribution in [3.63, 3.8) is 0 Å². The van der Waals surface area contributed by atoms with Gasteiger partial charge in [-0.3, -0.25) is 15.4 Å². The number of nitro benzene ring substituents is 1. The van der Waals surface area contributed by atoms with Crippen LogP contribution in [-0.4, -0.2) is 17.6 Å². The van der Waals surface area contributed by atoms with Crippen molar-refractivity contribution in [2.75, 3.05) is 11.9 Å². The van der Waals surface area contributed by atoms with Crippen LogP contribution in [0.25, 0.3) is 0 Å². The first kappa shape index (κ1) is 12.9. The predicted octanol–water partition coefficient (Wildman–Crippen LogP) is 2.69. The minimum Gasteiger partial charge on any atom is -0.449 e. The number of carbonyl (C=O) groups is 1. The molecule has 0 radical (unpaired) electrons. The number of rotatable bonds is 4. The fourth-order valence-corrected chi connectivity index (χ4v) is 1.10. The summed E-state index contributed by atoms with van der Waals surface area (Å²) in [5, 5.41) is 12.7. The summed E-state index contributed by atoms with van der Waals surface area (Å²) < 4.78 is 17.7. The molecule has 1 aromatic rings. The zero-order valence-corrected chi connectivity index (χ0v) is 9.10. The van der Waals surface area contributed by atoms with E-state index in [-0.39, 0.29) is 12.3 Å². The molecule has 0 saturated heterocycles. The van der Waals surface area contributed by atoms with E-state index in [2.05, 4.69) is 5.32 Å². The van der Waals surface area contributed by atoms with Crippen LogP contribution in [0.4, 0.5) is 20.6 Å². The number of nitrogens with one attached hydrogen (secondary N) is 1. The van der Waals surface area contributed by atoms with E-state index in [1.165, 1.54) is 0 Å². The summed E-state index contributed by atoms with van der Waals surface area (Å²) >= 11 is 0. The van der Waals surface area contributed by atoms with Gasteiger partial charge in [0.05, 0.1) is 23.3 Å². The number of hydrogen-bond acceptors (Lipinski definition) is 4.